The number of nitrogens with one attached hydrogen (secondary N) is 1. The molecule has 1 aromatic carbocycles. The second kappa shape index (κ2) is 6.11. The van der Waals surface area contributed by atoms with Crippen molar-refractivity contribution in [3.63, 3.8) is 0 Å². The minimum Gasteiger partial charge on any atom is -0.339 e. The number of carbonyl (C=O) groups excluding carboxylic acids is 2. The third-order valence-electron chi connectivity index (χ3n) is 5.07. The van der Waals surface area contributed by atoms with Gasteiger partial charge in [-0.2, -0.15) is 0 Å². The molecule has 4 nitrogen and oxygen atoms in total. The summed E-state index contributed by atoms with van der Waals surface area (Å²) >= 11 is 0. The van der Waals surface area contributed by atoms with Crippen molar-refractivity contribution in [3.05, 3.63) is 29.3 Å². The maximum Gasteiger partial charge on any atom is 0.229 e. The zero-order valence-corrected chi connectivity index (χ0v) is 13.4. The summed E-state index contributed by atoms with van der Waals surface area (Å²) in [4.78, 5) is 26.5. The first kappa shape index (κ1) is 15.1. The first-order valence-electron chi connectivity index (χ1n) is 8.22. The van der Waals surface area contributed by atoms with E-state index in [1.807, 2.05) is 30.0 Å². The van der Waals surface area contributed by atoms with Crippen LogP contribution in [0, 0.1) is 19.8 Å². The van der Waals surface area contributed by atoms with Crippen LogP contribution in [-0.2, 0) is 9.59 Å². The van der Waals surface area contributed by atoms with E-state index >= 15 is 0 Å². The molecule has 0 bridgehead atoms. The Morgan fingerprint density at radius 2 is 1.91 bits per heavy atom. The number of nitrogens with zero attached hydrogens (tertiary/aromatic N) is 1. The standard InChI is InChI=1S/C18H24N2O2/c1-12-7-8-15(9-13(12)2)19-18(22)14-10-17(21)20(11-14)16-5-3-4-6-16/h7-9,14,16H,3-6,10-11H2,1-2H3,(H,19,22)/t14-/m0/s1. The largest absolute Gasteiger partial charge is 0.339 e. The molecule has 2 fully saturated rings. The van der Waals surface area contributed by atoms with Crippen molar-refractivity contribution in [2.24, 2.45) is 5.92 Å². The van der Waals surface area contributed by atoms with Gasteiger partial charge in [-0.3, -0.25) is 9.59 Å². The van der Waals surface area contributed by atoms with Crippen LogP contribution in [0.25, 0.3) is 0 Å². The lowest BCUT2D eigenvalue weighted by Gasteiger charge is -2.23. The van der Waals surface area contributed by atoms with Crippen LogP contribution < -0.4 is 5.32 Å². The summed E-state index contributed by atoms with van der Waals surface area (Å²) in [6.45, 7) is 4.67. The first-order valence-corrected chi connectivity index (χ1v) is 8.22. The van der Waals surface area contributed by atoms with Gasteiger partial charge in [0.25, 0.3) is 0 Å². The highest BCUT2D eigenvalue weighted by atomic mass is 16.2. The molecule has 3 rings (SSSR count). The third-order valence-corrected chi connectivity index (χ3v) is 5.07. The van der Waals surface area contributed by atoms with E-state index in [1.165, 1.54) is 18.4 Å². The number of benzene rings is 1. The summed E-state index contributed by atoms with van der Waals surface area (Å²) in [7, 11) is 0. The summed E-state index contributed by atoms with van der Waals surface area (Å²) < 4.78 is 0. The zero-order chi connectivity index (χ0) is 15.7. The van der Waals surface area contributed by atoms with E-state index in [9.17, 15) is 9.59 Å². The van der Waals surface area contributed by atoms with Crippen LogP contribution in [0.3, 0.4) is 0 Å². The molecule has 0 spiro atoms. The number of likely N-dealkylation sites (tertiary alicyclic amines) is 1. The van der Waals surface area contributed by atoms with Crippen molar-refractivity contribution in [2.75, 3.05) is 11.9 Å². The zero-order valence-electron chi connectivity index (χ0n) is 13.4. The van der Waals surface area contributed by atoms with Gasteiger partial charge in [-0.15, -0.1) is 0 Å². The van der Waals surface area contributed by atoms with E-state index in [-0.39, 0.29) is 17.7 Å². The average molecular weight is 300 g/mol. The smallest absolute Gasteiger partial charge is 0.229 e. The quantitative estimate of drug-likeness (QED) is 0.933. The number of hydrogen-bond donors (Lipinski definition) is 1. The first-order chi connectivity index (χ1) is 10.5. The van der Waals surface area contributed by atoms with Gasteiger partial charge in [0.15, 0.2) is 0 Å². The SMILES string of the molecule is Cc1ccc(NC(=O)[C@H]2CC(=O)N(C3CCCC3)C2)cc1C. The Labute approximate surface area is 131 Å². The topological polar surface area (TPSA) is 49.4 Å². The van der Waals surface area contributed by atoms with E-state index in [0.29, 0.717) is 19.0 Å². The van der Waals surface area contributed by atoms with Gasteiger partial charge in [-0.05, 0) is 49.9 Å². The molecule has 0 unspecified atom stereocenters. The Morgan fingerprint density at radius 3 is 2.59 bits per heavy atom. The molecular formula is C18H24N2O2. The molecule has 4 heteroatoms. The van der Waals surface area contributed by atoms with Gasteiger partial charge >= 0.3 is 0 Å². The molecule has 2 aliphatic rings. The number of hydrogen-bond acceptors (Lipinski definition) is 2. The van der Waals surface area contributed by atoms with Crippen molar-refractivity contribution in [1.82, 2.24) is 4.90 Å². The fourth-order valence-corrected chi connectivity index (χ4v) is 3.54. The van der Waals surface area contributed by atoms with E-state index in [4.69, 9.17) is 0 Å². The Kier molecular flexibility index (Phi) is 4.19. The predicted molar refractivity (Wildman–Crippen MR) is 86.6 cm³/mol. The lowest BCUT2D eigenvalue weighted by Crippen LogP contribution is -2.35. The number of aryl methyl sites for hydroxylation is 2. The van der Waals surface area contributed by atoms with Crippen LogP contribution in [0.2, 0.25) is 0 Å². The number of anilines is 1. The highest BCUT2D eigenvalue weighted by molar-refractivity contribution is 5.97. The Bertz CT molecular complexity index is 591. The van der Waals surface area contributed by atoms with Crippen LogP contribution in [0.1, 0.15) is 43.2 Å². The monoisotopic (exact) mass is 300 g/mol. The summed E-state index contributed by atoms with van der Waals surface area (Å²) in [6.07, 6.45) is 4.95. The molecule has 1 aliphatic carbocycles. The minimum absolute atomic E-state index is 0.0305. The highest BCUT2D eigenvalue weighted by Crippen LogP contribution is 2.30. The van der Waals surface area contributed by atoms with Crippen LogP contribution in [-0.4, -0.2) is 29.3 Å². The maximum atomic E-state index is 12.4. The molecule has 1 heterocycles. The van der Waals surface area contributed by atoms with Crippen LogP contribution in [0.15, 0.2) is 18.2 Å². The molecule has 1 N–H and O–H groups in total. The summed E-state index contributed by atoms with van der Waals surface area (Å²) in [5.41, 5.74) is 3.19. The predicted octanol–water partition coefficient (Wildman–Crippen LogP) is 3.03. The van der Waals surface area contributed by atoms with Gasteiger partial charge in [0, 0.05) is 24.7 Å². The number of rotatable bonds is 3. The highest BCUT2D eigenvalue weighted by Gasteiger charge is 2.38. The van der Waals surface area contributed by atoms with Gasteiger partial charge in [0.05, 0.1) is 5.92 Å². The van der Waals surface area contributed by atoms with Gasteiger partial charge < -0.3 is 10.2 Å². The van der Waals surface area contributed by atoms with Crippen molar-refractivity contribution in [1.29, 1.82) is 0 Å². The second-order valence-electron chi connectivity index (χ2n) is 6.67. The molecule has 0 aromatic heterocycles. The normalized spacial score (nSPS) is 22.4. The molecule has 1 saturated heterocycles. The van der Waals surface area contributed by atoms with Gasteiger partial charge in [-0.1, -0.05) is 18.9 Å². The molecule has 2 amide bonds. The Balaban J connectivity index is 1.63. The Morgan fingerprint density at radius 1 is 1.18 bits per heavy atom. The lowest BCUT2D eigenvalue weighted by molar-refractivity contribution is -0.129. The molecular weight excluding hydrogens is 276 g/mol. The average Bonchev–Trinajstić information content (AvgIpc) is 3.12. The van der Waals surface area contributed by atoms with Crippen molar-refractivity contribution >= 4 is 17.5 Å². The molecule has 118 valence electrons. The van der Waals surface area contributed by atoms with Crippen molar-refractivity contribution in [3.8, 4) is 0 Å². The molecule has 1 aromatic rings. The van der Waals surface area contributed by atoms with Gasteiger partial charge in [-0.25, -0.2) is 0 Å². The van der Waals surface area contributed by atoms with Gasteiger partial charge in [0.1, 0.15) is 0 Å². The van der Waals surface area contributed by atoms with E-state index in [0.717, 1.165) is 24.1 Å². The molecule has 22 heavy (non-hydrogen) atoms. The fraction of sp³-hybridized carbons (Fsp3) is 0.556. The maximum absolute atomic E-state index is 12.4. The fourth-order valence-electron chi connectivity index (χ4n) is 3.54. The third kappa shape index (κ3) is 3.01. The van der Waals surface area contributed by atoms with Crippen LogP contribution >= 0.6 is 0 Å². The van der Waals surface area contributed by atoms with Gasteiger partial charge in [0.2, 0.25) is 11.8 Å². The molecule has 0 radical (unpaired) electrons. The van der Waals surface area contributed by atoms with Crippen molar-refractivity contribution in [2.45, 2.75) is 52.0 Å². The summed E-state index contributed by atoms with van der Waals surface area (Å²) in [5, 5.41) is 2.97. The van der Waals surface area contributed by atoms with E-state index < -0.39 is 0 Å². The lowest BCUT2D eigenvalue weighted by atomic mass is 10.1. The molecule has 1 saturated carbocycles. The van der Waals surface area contributed by atoms with Crippen molar-refractivity contribution < 1.29 is 9.59 Å². The minimum atomic E-state index is -0.213. The van der Waals surface area contributed by atoms with E-state index in [1.54, 1.807) is 0 Å². The molecule has 1 aliphatic heterocycles. The van der Waals surface area contributed by atoms with Crippen LogP contribution in [0.4, 0.5) is 5.69 Å². The van der Waals surface area contributed by atoms with Crippen LogP contribution in [0.5, 0.6) is 0 Å². The molecule has 1 atom stereocenters. The second-order valence-corrected chi connectivity index (χ2v) is 6.67. The number of amides is 2. The number of carbonyl (C=O) groups is 2. The van der Waals surface area contributed by atoms with E-state index in [2.05, 4.69) is 12.2 Å². The summed E-state index contributed by atoms with van der Waals surface area (Å²) in [6, 6.07) is 6.28. The Hall–Kier alpha value is -1.84. The summed E-state index contributed by atoms with van der Waals surface area (Å²) in [5.74, 6) is -0.0982.